The maximum atomic E-state index is 12.7. The molecule has 2 saturated heterocycles. The Morgan fingerprint density at radius 1 is 1.29 bits per heavy atom. The number of aliphatic hydroxyl groups excluding tert-OH is 1. The first-order chi connectivity index (χ1) is 13.7. The Morgan fingerprint density at radius 2 is 2.11 bits per heavy atom. The number of nitrogens with one attached hydrogen (secondary N) is 3. The van der Waals surface area contributed by atoms with Crippen LogP contribution in [0.2, 0.25) is 0 Å². The monoisotopic (exact) mass is 401 g/mol. The van der Waals surface area contributed by atoms with Crippen molar-refractivity contribution in [1.29, 1.82) is 0 Å². The maximum Gasteiger partial charge on any atom is 0.275 e. The molecule has 28 heavy (non-hydrogen) atoms. The lowest BCUT2D eigenvalue weighted by molar-refractivity contribution is 0.102. The highest BCUT2D eigenvalue weighted by atomic mass is 32.1. The minimum absolute atomic E-state index is 0.198. The molecule has 2 fully saturated rings. The van der Waals surface area contributed by atoms with Gasteiger partial charge in [0.2, 0.25) is 0 Å². The van der Waals surface area contributed by atoms with E-state index in [1.165, 1.54) is 17.8 Å². The zero-order valence-electron chi connectivity index (χ0n) is 15.9. The van der Waals surface area contributed by atoms with Crippen LogP contribution in [0.25, 0.3) is 0 Å². The molecule has 1 atom stereocenters. The SMILES string of the molecule is O=C(Nc1ccccc1N1CCC(O)CC1)c1csc(NCC2CCNC2)n1. The molecule has 0 aliphatic carbocycles. The van der Waals surface area contributed by atoms with E-state index in [9.17, 15) is 9.90 Å². The van der Waals surface area contributed by atoms with Crippen LogP contribution in [0.15, 0.2) is 29.6 Å². The Kier molecular flexibility index (Phi) is 6.09. The van der Waals surface area contributed by atoms with Gasteiger partial charge in [0.1, 0.15) is 5.69 Å². The van der Waals surface area contributed by atoms with E-state index in [4.69, 9.17) is 0 Å². The third-order valence-electron chi connectivity index (χ3n) is 5.40. The number of hydrogen-bond acceptors (Lipinski definition) is 7. The third-order valence-corrected chi connectivity index (χ3v) is 6.20. The topological polar surface area (TPSA) is 89.5 Å². The Morgan fingerprint density at radius 3 is 2.89 bits per heavy atom. The number of thiazole rings is 1. The molecule has 2 aliphatic heterocycles. The molecule has 0 bridgehead atoms. The molecule has 4 N–H and O–H groups in total. The van der Waals surface area contributed by atoms with Crippen molar-refractivity contribution in [2.45, 2.75) is 25.4 Å². The highest BCUT2D eigenvalue weighted by molar-refractivity contribution is 7.13. The normalized spacial score (nSPS) is 20.3. The molecular formula is C20H27N5O2S. The summed E-state index contributed by atoms with van der Waals surface area (Å²) in [6.45, 7) is 4.57. The number of anilines is 3. The molecular weight excluding hydrogens is 374 g/mol. The Hall–Kier alpha value is -2.16. The highest BCUT2D eigenvalue weighted by Crippen LogP contribution is 2.29. The standard InChI is InChI=1S/C20H27N5O2S/c26-15-6-9-25(10-7-15)18-4-2-1-3-16(18)23-19(27)17-13-28-20(24-17)22-12-14-5-8-21-11-14/h1-4,13-15,21,26H,5-12H2,(H,22,24)(H,23,27). The van der Waals surface area contributed by atoms with Crippen LogP contribution in [-0.2, 0) is 0 Å². The predicted molar refractivity (Wildman–Crippen MR) is 113 cm³/mol. The number of para-hydroxylation sites is 2. The van der Waals surface area contributed by atoms with Crippen LogP contribution >= 0.6 is 11.3 Å². The van der Waals surface area contributed by atoms with Crippen LogP contribution in [0, 0.1) is 5.92 Å². The third kappa shape index (κ3) is 4.63. The summed E-state index contributed by atoms with van der Waals surface area (Å²) in [5, 5.41) is 22.0. The van der Waals surface area contributed by atoms with E-state index < -0.39 is 0 Å². The number of nitrogens with zero attached hydrogens (tertiary/aromatic N) is 2. The van der Waals surface area contributed by atoms with Gasteiger partial charge in [0.05, 0.1) is 17.5 Å². The van der Waals surface area contributed by atoms with Crippen LogP contribution in [0.5, 0.6) is 0 Å². The number of hydrogen-bond donors (Lipinski definition) is 4. The number of carbonyl (C=O) groups excluding carboxylic acids is 1. The number of benzene rings is 1. The lowest BCUT2D eigenvalue weighted by Crippen LogP contribution is -2.36. The fourth-order valence-corrected chi connectivity index (χ4v) is 4.43. The van der Waals surface area contributed by atoms with Crippen molar-refractivity contribution in [2.75, 3.05) is 48.3 Å². The van der Waals surface area contributed by atoms with Crippen molar-refractivity contribution in [2.24, 2.45) is 5.92 Å². The summed E-state index contributed by atoms with van der Waals surface area (Å²) in [5.74, 6) is 0.424. The van der Waals surface area contributed by atoms with Gasteiger partial charge in [-0.1, -0.05) is 12.1 Å². The second kappa shape index (κ2) is 8.89. The van der Waals surface area contributed by atoms with Gasteiger partial charge in [-0.15, -0.1) is 11.3 Å². The summed E-state index contributed by atoms with van der Waals surface area (Å²) < 4.78 is 0. The number of rotatable bonds is 6. The van der Waals surface area contributed by atoms with Gasteiger partial charge in [0.25, 0.3) is 5.91 Å². The van der Waals surface area contributed by atoms with Gasteiger partial charge in [-0.25, -0.2) is 4.98 Å². The summed E-state index contributed by atoms with van der Waals surface area (Å²) >= 11 is 1.46. The number of aliphatic hydroxyl groups is 1. The molecule has 1 aromatic carbocycles. The summed E-state index contributed by atoms with van der Waals surface area (Å²) in [6, 6.07) is 7.81. The molecule has 8 heteroatoms. The lowest BCUT2D eigenvalue weighted by Gasteiger charge is -2.32. The van der Waals surface area contributed by atoms with Crippen molar-refractivity contribution < 1.29 is 9.90 Å². The van der Waals surface area contributed by atoms with E-state index in [0.29, 0.717) is 11.6 Å². The van der Waals surface area contributed by atoms with E-state index in [1.54, 1.807) is 5.38 Å². The first-order valence-electron chi connectivity index (χ1n) is 9.92. The van der Waals surface area contributed by atoms with E-state index in [0.717, 1.165) is 62.1 Å². The smallest absolute Gasteiger partial charge is 0.275 e. The lowest BCUT2D eigenvalue weighted by atomic mass is 10.1. The van der Waals surface area contributed by atoms with Crippen LogP contribution in [0.3, 0.4) is 0 Å². The molecule has 4 rings (SSSR count). The van der Waals surface area contributed by atoms with Gasteiger partial charge >= 0.3 is 0 Å². The van der Waals surface area contributed by atoms with Gasteiger partial charge in [0.15, 0.2) is 5.13 Å². The molecule has 0 saturated carbocycles. The minimum Gasteiger partial charge on any atom is -0.393 e. The van der Waals surface area contributed by atoms with Crippen molar-refractivity contribution in [1.82, 2.24) is 10.3 Å². The largest absolute Gasteiger partial charge is 0.393 e. The average molecular weight is 402 g/mol. The summed E-state index contributed by atoms with van der Waals surface area (Å²) in [6.07, 6.45) is 2.45. The molecule has 2 aliphatic rings. The second-order valence-electron chi connectivity index (χ2n) is 7.47. The first-order valence-corrected chi connectivity index (χ1v) is 10.8. The van der Waals surface area contributed by atoms with Crippen LogP contribution in [0.4, 0.5) is 16.5 Å². The molecule has 2 aromatic rings. The Balaban J connectivity index is 1.38. The maximum absolute atomic E-state index is 12.7. The molecule has 1 aromatic heterocycles. The van der Waals surface area contributed by atoms with Gasteiger partial charge in [0, 0.05) is 25.0 Å². The summed E-state index contributed by atoms with van der Waals surface area (Å²) in [7, 11) is 0. The number of piperidine rings is 1. The van der Waals surface area contributed by atoms with E-state index in [-0.39, 0.29) is 12.0 Å². The van der Waals surface area contributed by atoms with Gasteiger partial charge in [-0.2, -0.15) is 0 Å². The second-order valence-corrected chi connectivity index (χ2v) is 8.33. The van der Waals surface area contributed by atoms with Crippen LogP contribution in [-0.4, -0.2) is 54.8 Å². The van der Waals surface area contributed by atoms with Gasteiger partial charge in [-0.3, -0.25) is 4.79 Å². The average Bonchev–Trinajstić information content (AvgIpc) is 3.39. The summed E-state index contributed by atoms with van der Waals surface area (Å²) in [5.41, 5.74) is 2.20. The molecule has 0 radical (unpaired) electrons. The van der Waals surface area contributed by atoms with Crippen molar-refractivity contribution >= 4 is 33.8 Å². The van der Waals surface area contributed by atoms with Crippen LogP contribution in [0.1, 0.15) is 29.8 Å². The predicted octanol–water partition coefficient (Wildman–Crippen LogP) is 2.38. The van der Waals surface area contributed by atoms with Crippen molar-refractivity contribution in [3.05, 3.63) is 35.3 Å². The molecule has 1 amide bonds. The zero-order valence-corrected chi connectivity index (χ0v) is 16.7. The number of amides is 1. The minimum atomic E-state index is -0.223. The van der Waals surface area contributed by atoms with E-state index in [2.05, 4.69) is 25.8 Å². The van der Waals surface area contributed by atoms with E-state index >= 15 is 0 Å². The highest BCUT2D eigenvalue weighted by Gasteiger charge is 2.21. The fraction of sp³-hybridized carbons (Fsp3) is 0.500. The fourth-order valence-electron chi connectivity index (χ4n) is 3.73. The van der Waals surface area contributed by atoms with Gasteiger partial charge in [-0.05, 0) is 50.4 Å². The molecule has 150 valence electrons. The van der Waals surface area contributed by atoms with Crippen molar-refractivity contribution in [3.8, 4) is 0 Å². The molecule has 0 spiro atoms. The Bertz CT molecular complexity index is 797. The van der Waals surface area contributed by atoms with E-state index in [1.807, 2.05) is 24.3 Å². The quantitative estimate of drug-likeness (QED) is 0.594. The van der Waals surface area contributed by atoms with Crippen molar-refractivity contribution in [3.63, 3.8) is 0 Å². The molecule has 7 nitrogen and oxygen atoms in total. The summed E-state index contributed by atoms with van der Waals surface area (Å²) in [4.78, 5) is 19.4. The van der Waals surface area contributed by atoms with Gasteiger partial charge < -0.3 is 26.0 Å². The molecule has 3 heterocycles. The van der Waals surface area contributed by atoms with Crippen LogP contribution < -0.4 is 20.9 Å². The molecule has 1 unspecified atom stereocenters. The first kappa shape index (κ1) is 19.2. The Labute approximate surface area is 169 Å². The number of aromatic nitrogens is 1. The number of carbonyl (C=O) groups is 1. The zero-order chi connectivity index (χ0) is 19.3.